The molecular weight excluding hydrogens is 212 g/mol. The van der Waals surface area contributed by atoms with Crippen LogP contribution in [0.15, 0.2) is 36.7 Å². The molecule has 1 N–H and O–H groups in total. The fraction of sp³-hybridized carbons (Fsp3) is 0.214. The average Bonchev–Trinajstić information content (AvgIpc) is 2.93. The highest BCUT2D eigenvalue weighted by Crippen LogP contribution is 2.22. The van der Waals surface area contributed by atoms with Crippen molar-refractivity contribution in [1.82, 2.24) is 10.2 Å². The number of hydrogen-bond acceptors (Lipinski definition) is 2. The van der Waals surface area contributed by atoms with Crippen molar-refractivity contribution in [2.75, 3.05) is 7.11 Å². The first kappa shape index (κ1) is 12.9. The number of hydrogen-bond donors (Lipinski definition) is 1. The van der Waals surface area contributed by atoms with E-state index in [-0.39, 0.29) is 0 Å². The Morgan fingerprint density at radius 3 is 2.71 bits per heavy atom. The summed E-state index contributed by atoms with van der Waals surface area (Å²) in [4.78, 5) is 0. The van der Waals surface area contributed by atoms with Crippen LogP contribution in [0.2, 0.25) is 0 Å². The maximum atomic E-state index is 5.12. The second-order valence-electron chi connectivity index (χ2n) is 3.28. The molecule has 0 aliphatic rings. The Kier molecular flexibility index (Phi) is 5.39. The van der Waals surface area contributed by atoms with Gasteiger partial charge in [0.05, 0.1) is 13.3 Å². The number of ether oxygens (including phenoxy) is 1. The first-order valence-electron chi connectivity index (χ1n) is 5.38. The van der Waals surface area contributed by atoms with Gasteiger partial charge in [-0.2, -0.15) is 5.10 Å². The lowest BCUT2D eigenvalue weighted by molar-refractivity contribution is 0.415. The highest BCUT2D eigenvalue weighted by molar-refractivity contribution is 5.63. The normalized spacial score (nSPS) is 8.76. The molecule has 2 aromatic rings. The number of aromatic nitrogens is 2. The van der Waals surface area contributed by atoms with Crippen molar-refractivity contribution in [3.63, 3.8) is 0 Å². The van der Waals surface area contributed by atoms with Gasteiger partial charge in [-0.1, -0.05) is 19.1 Å². The van der Waals surface area contributed by atoms with Crippen LogP contribution < -0.4 is 4.74 Å². The summed E-state index contributed by atoms with van der Waals surface area (Å²) in [6, 6.07) is 7.88. The van der Waals surface area contributed by atoms with Crippen molar-refractivity contribution in [2.45, 2.75) is 13.3 Å². The van der Waals surface area contributed by atoms with E-state index in [9.17, 15) is 0 Å². The first-order chi connectivity index (χ1) is 8.31. The van der Waals surface area contributed by atoms with Crippen molar-refractivity contribution >= 4 is 0 Å². The summed E-state index contributed by atoms with van der Waals surface area (Å²) < 4.78 is 5.12. The Morgan fingerprint density at radius 1 is 1.41 bits per heavy atom. The van der Waals surface area contributed by atoms with Gasteiger partial charge >= 0.3 is 0 Å². The van der Waals surface area contributed by atoms with Gasteiger partial charge in [0.1, 0.15) is 5.75 Å². The zero-order valence-electron chi connectivity index (χ0n) is 10.1. The van der Waals surface area contributed by atoms with Crippen molar-refractivity contribution < 1.29 is 4.74 Å². The first-order valence-corrected chi connectivity index (χ1v) is 5.38. The van der Waals surface area contributed by atoms with E-state index in [4.69, 9.17) is 11.2 Å². The Bertz CT molecular complexity index is 469. The minimum absolute atomic E-state index is 0.847. The summed E-state index contributed by atoms with van der Waals surface area (Å²) >= 11 is 0. The van der Waals surface area contributed by atoms with Gasteiger partial charge in [0.15, 0.2) is 0 Å². The van der Waals surface area contributed by atoms with Gasteiger partial charge < -0.3 is 4.74 Å². The minimum Gasteiger partial charge on any atom is -0.497 e. The summed E-state index contributed by atoms with van der Waals surface area (Å²) in [5.74, 6) is 3.29. The van der Waals surface area contributed by atoms with E-state index in [2.05, 4.69) is 16.1 Å². The van der Waals surface area contributed by atoms with Gasteiger partial charge in [-0.25, -0.2) is 0 Å². The zero-order chi connectivity index (χ0) is 12.5. The van der Waals surface area contributed by atoms with Crippen LogP contribution in [-0.2, 0) is 0 Å². The van der Waals surface area contributed by atoms with E-state index < -0.39 is 0 Å². The van der Waals surface area contributed by atoms with Gasteiger partial charge in [-0.3, -0.25) is 5.10 Å². The van der Waals surface area contributed by atoms with Crippen molar-refractivity contribution in [2.24, 2.45) is 0 Å². The Morgan fingerprint density at radius 2 is 2.18 bits per heavy atom. The van der Waals surface area contributed by atoms with Gasteiger partial charge in [0.25, 0.3) is 0 Å². The molecular formula is C14H16N2O. The molecule has 0 saturated carbocycles. The summed E-state index contributed by atoms with van der Waals surface area (Å²) in [5.41, 5.74) is 2.17. The van der Waals surface area contributed by atoms with Crippen LogP contribution in [0.3, 0.4) is 0 Å². The van der Waals surface area contributed by atoms with Crippen LogP contribution in [0.1, 0.15) is 13.3 Å². The fourth-order valence-corrected chi connectivity index (χ4v) is 1.21. The topological polar surface area (TPSA) is 37.9 Å². The molecule has 0 saturated heterocycles. The number of rotatable bonds is 2. The third kappa shape index (κ3) is 4.04. The van der Waals surface area contributed by atoms with E-state index in [1.807, 2.05) is 37.4 Å². The Hall–Kier alpha value is -2.21. The number of methoxy groups -OCH3 is 1. The lowest BCUT2D eigenvalue weighted by Gasteiger charge is -2.01. The second-order valence-corrected chi connectivity index (χ2v) is 3.28. The number of aromatic amines is 1. The van der Waals surface area contributed by atoms with Crippen LogP contribution >= 0.6 is 0 Å². The number of nitrogens with zero attached hydrogens (tertiary/aromatic N) is 1. The molecule has 3 heteroatoms. The molecule has 0 bridgehead atoms. The van der Waals surface area contributed by atoms with E-state index in [0.29, 0.717) is 0 Å². The highest BCUT2D eigenvalue weighted by atomic mass is 16.5. The third-order valence-electron chi connectivity index (χ3n) is 2.11. The molecule has 0 aliphatic heterocycles. The summed E-state index contributed by atoms with van der Waals surface area (Å²) in [6.45, 7) is 1.94. The lowest BCUT2D eigenvalue weighted by Crippen LogP contribution is -1.82. The predicted molar refractivity (Wildman–Crippen MR) is 69.7 cm³/mol. The molecule has 0 aliphatic carbocycles. The predicted octanol–water partition coefficient (Wildman–Crippen LogP) is 3.11. The van der Waals surface area contributed by atoms with Crippen molar-refractivity contribution in [3.05, 3.63) is 36.7 Å². The standard InChI is InChI=1S/C10H10N2O.C4H6/c1-13-10-4-2-3-8(5-10)9-6-11-12-7-9;1-3-4-2/h2-7H,1H3,(H,11,12);1H,4H2,2H3. The molecule has 0 fully saturated rings. The monoisotopic (exact) mass is 228 g/mol. The van der Waals surface area contributed by atoms with Crippen molar-refractivity contribution in [3.8, 4) is 29.2 Å². The van der Waals surface area contributed by atoms with E-state index in [0.717, 1.165) is 23.3 Å². The summed E-state index contributed by atoms with van der Waals surface area (Å²) in [7, 11) is 1.66. The van der Waals surface area contributed by atoms with Gasteiger partial charge in [0, 0.05) is 18.2 Å². The molecule has 0 amide bonds. The van der Waals surface area contributed by atoms with Gasteiger partial charge in [0.2, 0.25) is 0 Å². The molecule has 1 heterocycles. The van der Waals surface area contributed by atoms with Crippen molar-refractivity contribution in [1.29, 1.82) is 0 Å². The van der Waals surface area contributed by atoms with Crippen LogP contribution in [0.5, 0.6) is 5.75 Å². The molecule has 17 heavy (non-hydrogen) atoms. The van der Waals surface area contributed by atoms with Crippen LogP contribution in [0, 0.1) is 12.3 Å². The smallest absolute Gasteiger partial charge is 0.119 e. The van der Waals surface area contributed by atoms with E-state index in [1.165, 1.54) is 0 Å². The molecule has 88 valence electrons. The molecule has 1 aromatic heterocycles. The number of H-pyrrole nitrogens is 1. The maximum Gasteiger partial charge on any atom is 0.119 e. The summed E-state index contributed by atoms with van der Waals surface area (Å²) in [5, 5.41) is 6.66. The number of terminal acetylenes is 1. The number of nitrogens with one attached hydrogen (secondary N) is 1. The quantitative estimate of drug-likeness (QED) is 0.802. The van der Waals surface area contributed by atoms with Crippen LogP contribution in [-0.4, -0.2) is 17.3 Å². The Labute approximate surface area is 102 Å². The maximum absolute atomic E-state index is 5.12. The molecule has 0 spiro atoms. The molecule has 0 radical (unpaired) electrons. The average molecular weight is 228 g/mol. The second kappa shape index (κ2) is 7.13. The summed E-state index contributed by atoms with van der Waals surface area (Å²) in [6.07, 6.45) is 9.27. The van der Waals surface area contributed by atoms with E-state index in [1.54, 1.807) is 13.3 Å². The minimum atomic E-state index is 0.847. The van der Waals surface area contributed by atoms with Crippen LogP contribution in [0.4, 0.5) is 0 Å². The SMILES string of the molecule is C#CCC.COc1cccc(-c2cn[nH]c2)c1. The lowest BCUT2D eigenvalue weighted by atomic mass is 10.1. The molecule has 2 rings (SSSR count). The van der Waals surface area contributed by atoms with Gasteiger partial charge in [-0.05, 0) is 17.7 Å². The fourth-order valence-electron chi connectivity index (χ4n) is 1.21. The third-order valence-corrected chi connectivity index (χ3v) is 2.11. The largest absolute Gasteiger partial charge is 0.497 e. The Balaban J connectivity index is 0.000000317. The van der Waals surface area contributed by atoms with Gasteiger partial charge in [-0.15, -0.1) is 12.3 Å². The van der Waals surface area contributed by atoms with E-state index >= 15 is 0 Å². The highest BCUT2D eigenvalue weighted by Gasteiger charge is 1.99. The molecule has 0 atom stereocenters. The molecule has 0 unspecified atom stereocenters. The number of benzene rings is 1. The van der Waals surface area contributed by atoms with Crippen LogP contribution in [0.25, 0.3) is 11.1 Å². The molecule has 1 aromatic carbocycles. The molecule has 3 nitrogen and oxygen atoms in total. The zero-order valence-corrected chi connectivity index (χ0v) is 10.1.